The van der Waals surface area contributed by atoms with Crippen LogP contribution in [0, 0.1) is 10.8 Å². The van der Waals surface area contributed by atoms with Crippen LogP contribution in [0.3, 0.4) is 0 Å². The molecule has 0 saturated heterocycles. The summed E-state index contributed by atoms with van der Waals surface area (Å²) in [5, 5.41) is 9.99. The molecule has 0 heterocycles. The van der Waals surface area contributed by atoms with Gasteiger partial charge in [-0.05, 0) is 24.2 Å². The van der Waals surface area contributed by atoms with Gasteiger partial charge in [-0.1, -0.05) is 41.0 Å². The average Bonchev–Trinajstić information content (AvgIpc) is 2.01. The molecule has 0 aromatic heterocycles. The van der Waals surface area contributed by atoms with E-state index in [1.807, 2.05) is 13.8 Å². The van der Waals surface area contributed by atoms with E-state index in [2.05, 4.69) is 20.8 Å². The van der Waals surface area contributed by atoms with Crippen molar-refractivity contribution in [2.24, 2.45) is 10.8 Å². The molecule has 90 valence electrons. The second-order valence-electron chi connectivity index (χ2n) is 6.11. The Labute approximate surface area is 94.1 Å². The average molecular weight is 214 g/mol. The van der Waals surface area contributed by atoms with Gasteiger partial charge in [0.25, 0.3) is 0 Å². The Hall–Kier alpha value is -0.370. The monoisotopic (exact) mass is 214 g/mol. The molecular formula is C13H26O2. The number of aliphatic hydroxyl groups excluding tert-OH is 1. The first-order valence-electron chi connectivity index (χ1n) is 5.78. The number of carbonyl (C=O) groups excluding carboxylic acids is 1. The van der Waals surface area contributed by atoms with Crippen LogP contribution in [-0.4, -0.2) is 17.0 Å². The van der Waals surface area contributed by atoms with Gasteiger partial charge in [-0.2, -0.15) is 0 Å². The first-order chi connectivity index (χ1) is 6.60. The second-order valence-corrected chi connectivity index (χ2v) is 6.11. The highest BCUT2D eigenvalue weighted by Crippen LogP contribution is 2.39. The molecule has 0 aromatic rings. The highest BCUT2D eigenvalue weighted by molar-refractivity contribution is 5.76. The predicted octanol–water partition coefficient (Wildman–Crippen LogP) is 3.18. The summed E-state index contributed by atoms with van der Waals surface area (Å²) < 4.78 is 0. The highest BCUT2D eigenvalue weighted by Gasteiger charge is 2.34. The van der Waals surface area contributed by atoms with Gasteiger partial charge in [-0.25, -0.2) is 0 Å². The van der Waals surface area contributed by atoms with Crippen LogP contribution in [0.4, 0.5) is 0 Å². The third kappa shape index (κ3) is 5.31. The van der Waals surface area contributed by atoms with E-state index in [4.69, 9.17) is 0 Å². The summed E-state index contributed by atoms with van der Waals surface area (Å²) in [7, 11) is 0. The van der Waals surface area contributed by atoms with Crippen molar-refractivity contribution in [2.75, 3.05) is 0 Å². The summed E-state index contributed by atoms with van der Waals surface area (Å²) in [6.07, 6.45) is 1.77. The first-order valence-corrected chi connectivity index (χ1v) is 5.78. The molecule has 0 aliphatic heterocycles. The van der Waals surface area contributed by atoms with Crippen LogP contribution in [-0.2, 0) is 4.79 Å². The quantitative estimate of drug-likeness (QED) is 0.737. The van der Waals surface area contributed by atoms with E-state index in [0.717, 1.165) is 12.8 Å². The van der Waals surface area contributed by atoms with Crippen molar-refractivity contribution in [3.8, 4) is 0 Å². The molecule has 2 heteroatoms. The number of rotatable bonds is 6. The first kappa shape index (κ1) is 14.6. The molecule has 1 atom stereocenters. The molecule has 0 rings (SSSR count). The van der Waals surface area contributed by atoms with E-state index in [-0.39, 0.29) is 23.0 Å². The standard InChI is InChI=1S/C13H26O2/c1-7-12(3,4)9-13(5,6)11(15)8-10(2)14/h11,15H,7-9H2,1-6H3. The minimum absolute atomic E-state index is 0.0601. The molecule has 1 unspecified atom stereocenters. The number of ketones is 1. The fraction of sp³-hybridized carbons (Fsp3) is 0.923. The van der Waals surface area contributed by atoms with Crippen LogP contribution >= 0.6 is 0 Å². The summed E-state index contributed by atoms with van der Waals surface area (Å²) in [6, 6.07) is 0. The van der Waals surface area contributed by atoms with Crippen LogP contribution in [0.15, 0.2) is 0 Å². The Morgan fingerprint density at radius 3 is 2.07 bits per heavy atom. The molecule has 0 aromatic carbocycles. The maximum atomic E-state index is 11.0. The Kier molecular flexibility index (Phi) is 4.98. The summed E-state index contributed by atoms with van der Waals surface area (Å²) in [4.78, 5) is 11.0. The van der Waals surface area contributed by atoms with E-state index < -0.39 is 6.10 Å². The number of hydrogen-bond donors (Lipinski definition) is 1. The SMILES string of the molecule is CCC(C)(C)CC(C)(C)C(O)CC(C)=O. The van der Waals surface area contributed by atoms with Gasteiger partial charge in [-0.3, -0.25) is 4.79 Å². The molecule has 15 heavy (non-hydrogen) atoms. The third-order valence-corrected chi connectivity index (χ3v) is 3.27. The van der Waals surface area contributed by atoms with Crippen molar-refractivity contribution >= 4 is 5.78 Å². The molecular weight excluding hydrogens is 188 g/mol. The van der Waals surface area contributed by atoms with Gasteiger partial charge >= 0.3 is 0 Å². The highest BCUT2D eigenvalue weighted by atomic mass is 16.3. The van der Waals surface area contributed by atoms with Gasteiger partial charge in [0.15, 0.2) is 0 Å². The lowest BCUT2D eigenvalue weighted by Crippen LogP contribution is -2.35. The minimum atomic E-state index is -0.527. The van der Waals surface area contributed by atoms with Crippen molar-refractivity contribution < 1.29 is 9.90 Å². The Morgan fingerprint density at radius 2 is 1.73 bits per heavy atom. The van der Waals surface area contributed by atoms with E-state index >= 15 is 0 Å². The predicted molar refractivity (Wildman–Crippen MR) is 63.8 cm³/mol. The number of Topliss-reactive ketones (excluding diaryl/α,β-unsaturated/α-hetero) is 1. The molecule has 0 amide bonds. The van der Waals surface area contributed by atoms with Crippen LogP contribution in [0.25, 0.3) is 0 Å². The normalized spacial score (nSPS) is 15.1. The van der Waals surface area contributed by atoms with Crippen LogP contribution in [0.5, 0.6) is 0 Å². The van der Waals surface area contributed by atoms with Crippen LogP contribution in [0.2, 0.25) is 0 Å². The molecule has 0 aliphatic carbocycles. The van der Waals surface area contributed by atoms with Crippen molar-refractivity contribution in [1.29, 1.82) is 0 Å². The number of carbonyl (C=O) groups is 1. The Morgan fingerprint density at radius 1 is 1.27 bits per heavy atom. The molecule has 0 radical (unpaired) electrons. The largest absolute Gasteiger partial charge is 0.392 e. The summed E-state index contributed by atoms with van der Waals surface area (Å²) in [5.41, 5.74) is 0.0342. The van der Waals surface area contributed by atoms with Crippen molar-refractivity contribution in [2.45, 2.75) is 66.9 Å². The lowest BCUT2D eigenvalue weighted by molar-refractivity contribution is -0.121. The molecule has 0 bridgehead atoms. The minimum Gasteiger partial charge on any atom is -0.392 e. The lowest BCUT2D eigenvalue weighted by atomic mass is 9.70. The maximum absolute atomic E-state index is 11.0. The third-order valence-electron chi connectivity index (χ3n) is 3.27. The topological polar surface area (TPSA) is 37.3 Å². The van der Waals surface area contributed by atoms with E-state index in [0.29, 0.717) is 0 Å². The van der Waals surface area contributed by atoms with Gasteiger partial charge in [-0.15, -0.1) is 0 Å². The van der Waals surface area contributed by atoms with E-state index in [1.54, 1.807) is 0 Å². The number of aliphatic hydroxyl groups is 1. The van der Waals surface area contributed by atoms with Gasteiger partial charge < -0.3 is 5.11 Å². The fourth-order valence-electron chi connectivity index (χ4n) is 2.02. The van der Waals surface area contributed by atoms with Crippen molar-refractivity contribution in [3.63, 3.8) is 0 Å². The smallest absolute Gasteiger partial charge is 0.132 e. The lowest BCUT2D eigenvalue weighted by Gasteiger charge is -2.37. The zero-order valence-electron chi connectivity index (χ0n) is 11.1. The van der Waals surface area contributed by atoms with E-state index in [1.165, 1.54) is 6.92 Å². The summed E-state index contributed by atoms with van der Waals surface area (Å²) >= 11 is 0. The maximum Gasteiger partial charge on any atom is 0.132 e. The second kappa shape index (κ2) is 5.11. The van der Waals surface area contributed by atoms with E-state index in [9.17, 15) is 9.90 Å². The van der Waals surface area contributed by atoms with Crippen molar-refractivity contribution in [1.82, 2.24) is 0 Å². The zero-order chi connectivity index (χ0) is 12.3. The van der Waals surface area contributed by atoms with Gasteiger partial charge in [0.05, 0.1) is 6.10 Å². The Balaban J connectivity index is 4.46. The molecule has 0 spiro atoms. The van der Waals surface area contributed by atoms with Gasteiger partial charge in [0.1, 0.15) is 5.78 Å². The molecule has 0 fully saturated rings. The molecule has 0 saturated carbocycles. The molecule has 0 aliphatic rings. The van der Waals surface area contributed by atoms with Crippen molar-refractivity contribution in [3.05, 3.63) is 0 Å². The number of hydrogen-bond acceptors (Lipinski definition) is 2. The Bertz CT molecular complexity index is 217. The van der Waals surface area contributed by atoms with Gasteiger partial charge in [0, 0.05) is 6.42 Å². The summed E-state index contributed by atoms with van der Waals surface area (Å²) in [5.74, 6) is 0.0601. The fourth-order valence-corrected chi connectivity index (χ4v) is 2.02. The van der Waals surface area contributed by atoms with Gasteiger partial charge in [0.2, 0.25) is 0 Å². The molecule has 1 N–H and O–H groups in total. The van der Waals surface area contributed by atoms with Crippen LogP contribution in [0.1, 0.15) is 60.8 Å². The molecule has 2 nitrogen and oxygen atoms in total. The zero-order valence-corrected chi connectivity index (χ0v) is 11.1. The summed E-state index contributed by atoms with van der Waals surface area (Å²) in [6.45, 7) is 12.2. The van der Waals surface area contributed by atoms with Crippen LogP contribution < -0.4 is 0 Å².